The Labute approximate surface area is 410 Å². The molecule has 3 amide bonds. The summed E-state index contributed by atoms with van der Waals surface area (Å²) in [4.78, 5) is 62.5. The topological polar surface area (TPSA) is 177 Å². The number of anilines is 2. The van der Waals surface area contributed by atoms with E-state index in [4.69, 9.17) is 14.5 Å². The van der Waals surface area contributed by atoms with Gasteiger partial charge in [0.2, 0.25) is 11.8 Å². The summed E-state index contributed by atoms with van der Waals surface area (Å²) >= 11 is 0. The number of aromatic hydroxyl groups is 1. The lowest BCUT2D eigenvalue weighted by atomic mass is 9.94. The number of hydrogen-bond acceptors (Lipinski definition) is 14. The van der Waals surface area contributed by atoms with Crippen LogP contribution >= 0.6 is 0 Å². The van der Waals surface area contributed by atoms with E-state index in [0.29, 0.717) is 78.2 Å². The van der Waals surface area contributed by atoms with Crippen LogP contribution in [0.4, 0.5) is 20.3 Å². The lowest BCUT2D eigenvalue weighted by Gasteiger charge is -2.40. The summed E-state index contributed by atoms with van der Waals surface area (Å²) in [5, 5.41) is 25.6. The number of β-amino-alcohol motifs (C(OH)–C–C–N with tert-alkyl or cyclic N) is 1. The van der Waals surface area contributed by atoms with Crippen molar-refractivity contribution in [2.45, 2.75) is 77.0 Å². The molecule has 5 aliphatic heterocycles. The molecule has 11 rings (SSSR count). The lowest BCUT2D eigenvalue weighted by molar-refractivity contribution is -0.136. The Hall–Kier alpha value is -6.08. The Kier molecular flexibility index (Phi) is 12.5. The Bertz CT molecular complexity index is 2920. The molecular formula is C53H61F2N9O7. The van der Waals surface area contributed by atoms with Crippen LogP contribution in [0.1, 0.15) is 73.9 Å². The van der Waals surface area contributed by atoms with Gasteiger partial charge in [-0.25, -0.2) is 8.78 Å². The molecule has 16 nitrogen and oxygen atoms in total. The first-order valence-electron chi connectivity index (χ1n) is 25.2. The first kappa shape index (κ1) is 47.3. The monoisotopic (exact) mass is 973 g/mol. The molecule has 0 bridgehead atoms. The number of aliphatic hydroxyl groups is 1. The second kappa shape index (κ2) is 18.8. The van der Waals surface area contributed by atoms with Crippen molar-refractivity contribution in [3.8, 4) is 23.0 Å². The Morgan fingerprint density at radius 2 is 1.72 bits per heavy atom. The number of nitrogens with zero attached hydrogens (tertiary/aromatic N) is 8. The van der Waals surface area contributed by atoms with Crippen molar-refractivity contribution in [2.75, 3.05) is 95.1 Å². The number of likely N-dealkylation sites (tertiary alicyclic amines) is 1. The van der Waals surface area contributed by atoms with Crippen LogP contribution in [-0.2, 0) is 27.3 Å². The van der Waals surface area contributed by atoms with Crippen LogP contribution in [0.3, 0.4) is 0 Å². The Morgan fingerprint density at radius 1 is 0.915 bits per heavy atom. The molecule has 6 aliphatic rings. The van der Waals surface area contributed by atoms with Gasteiger partial charge in [0, 0.05) is 87.2 Å². The number of benzene rings is 3. The number of piperazine rings is 1. The summed E-state index contributed by atoms with van der Waals surface area (Å²) in [5.41, 5.74) is 1.89. The van der Waals surface area contributed by atoms with E-state index < -0.39 is 29.2 Å². The van der Waals surface area contributed by atoms with Crippen molar-refractivity contribution in [1.82, 2.24) is 35.0 Å². The van der Waals surface area contributed by atoms with E-state index in [1.165, 1.54) is 24.4 Å². The zero-order valence-electron chi connectivity index (χ0n) is 40.4. The van der Waals surface area contributed by atoms with Gasteiger partial charge in [-0.1, -0.05) is 13.0 Å². The van der Waals surface area contributed by atoms with Gasteiger partial charge in [-0.3, -0.25) is 29.6 Å². The van der Waals surface area contributed by atoms with Crippen LogP contribution in [0.5, 0.6) is 11.8 Å². The predicted octanol–water partition coefficient (Wildman–Crippen LogP) is 5.43. The third-order valence-electron chi connectivity index (χ3n) is 15.6. The van der Waals surface area contributed by atoms with Gasteiger partial charge in [-0.15, -0.1) is 0 Å². The molecule has 1 saturated carbocycles. The number of aromatic nitrogens is 3. The third kappa shape index (κ3) is 9.46. The molecule has 1 aliphatic carbocycles. The number of carbonyl (C=O) groups is 3. The fourth-order valence-corrected chi connectivity index (χ4v) is 11.6. The SMILES string of the molecule is CCc1c(F)ccc2cc(O)cc(-c3ncc4c(N5CCOC[C@@](C)(O)C5)nc(OCC5(CN6CCC(CN7CCN(c8ccc9c(c8)CN(C8CCC(=O)NC8=O)C9=O)CC7)CC6)CC5)nc4c3F)c12. The fraction of sp³-hybridized carbons (Fsp3) is 0.509. The normalized spacial score (nSPS) is 23.4. The van der Waals surface area contributed by atoms with Crippen molar-refractivity contribution in [1.29, 1.82) is 0 Å². The van der Waals surface area contributed by atoms with Gasteiger partial charge in [0.15, 0.2) is 5.82 Å². The number of carbonyl (C=O) groups excluding carboxylic acids is 3. The number of imide groups is 1. The van der Waals surface area contributed by atoms with Crippen LogP contribution in [0, 0.1) is 23.0 Å². The minimum absolute atomic E-state index is 0.0159. The van der Waals surface area contributed by atoms with Crippen molar-refractivity contribution in [2.24, 2.45) is 11.3 Å². The standard InChI is InChI=1S/C53H61F2N9O7/c1-3-37-41(54)7-4-33-23-36(65)24-39(44(33)37)46-45(55)47-40(25-56-46)48(63-20-21-70-30-52(2,69)28-63)59-51(58-47)71-31-53(12-13-53)29-61-14-10-32(11-15-61)26-60-16-18-62(19-17-60)35-5-6-38-34(22-35)27-64(50(38)68)42-8-9-43(66)57-49(42)67/h4-7,22-25,32,42,65,69H,3,8-21,26-31H2,1-2H3,(H,57,66,67)/t42?,52-/m0/s1. The number of pyridine rings is 1. The van der Waals surface area contributed by atoms with Gasteiger partial charge in [0.1, 0.15) is 40.2 Å². The smallest absolute Gasteiger partial charge is 0.319 e. The van der Waals surface area contributed by atoms with Crippen molar-refractivity contribution in [3.05, 3.63) is 77.0 Å². The number of ether oxygens (including phenoxy) is 2. The largest absolute Gasteiger partial charge is 0.508 e. The van der Waals surface area contributed by atoms with E-state index in [1.54, 1.807) is 17.9 Å². The first-order valence-corrected chi connectivity index (χ1v) is 25.2. The second-order valence-electron chi connectivity index (χ2n) is 21.0. The maximum Gasteiger partial charge on any atom is 0.319 e. The first-order chi connectivity index (χ1) is 34.2. The number of rotatable bonds is 12. The van der Waals surface area contributed by atoms with Gasteiger partial charge < -0.3 is 39.3 Å². The van der Waals surface area contributed by atoms with Gasteiger partial charge >= 0.3 is 6.01 Å². The van der Waals surface area contributed by atoms with Crippen LogP contribution in [0.2, 0.25) is 0 Å². The molecule has 2 atom stereocenters. The molecule has 18 heteroatoms. The number of piperidine rings is 2. The molecule has 5 aromatic rings. The number of halogens is 2. The summed E-state index contributed by atoms with van der Waals surface area (Å²) in [6.07, 6.45) is 6.63. The van der Waals surface area contributed by atoms with Gasteiger partial charge in [-0.05, 0) is 123 Å². The maximum absolute atomic E-state index is 17.2. The summed E-state index contributed by atoms with van der Waals surface area (Å²) in [6.45, 7) is 12.9. The highest BCUT2D eigenvalue weighted by Crippen LogP contribution is 2.47. The van der Waals surface area contributed by atoms with E-state index in [9.17, 15) is 24.6 Å². The summed E-state index contributed by atoms with van der Waals surface area (Å²) in [7, 11) is 0. The molecule has 3 aromatic carbocycles. The summed E-state index contributed by atoms with van der Waals surface area (Å²) in [6, 6.07) is 11.2. The van der Waals surface area contributed by atoms with E-state index >= 15 is 8.78 Å². The van der Waals surface area contributed by atoms with Crippen molar-refractivity contribution in [3.63, 3.8) is 0 Å². The van der Waals surface area contributed by atoms with Crippen LogP contribution in [0.25, 0.3) is 32.9 Å². The minimum Gasteiger partial charge on any atom is -0.508 e. The highest BCUT2D eigenvalue weighted by Gasteiger charge is 2.46. The van der Waals surface area contributed by atoms with Crippen LogP contribution < -0.4 is 19.9 Å². The third-order valence-corrected chi connectivity index (χ3v) is 15.6. The van der Waals surface area contributed by atoms with E-state index in [2.05, 4.69) is 36.1 Å². The Morgan fingerprint density at radius 3 is 2.48 bits per heavy atom. The zero-order valence-corrected chi connectivity index (χ0v) is 40.4. The molecule has 71 heavy (non-hydrogen) atoms. The summed E-state index contributed by atoms with van der Waals surface area (Å²) < 4.78 is 44.6. The number of phenols is 1. The molecule has 3 N–H and O–H groups in total. The average molecular weight is 974 g/mol. The minimum atomic E-state index is -1.20. The molecule has 2 aromatic heterocycles. The number of nitrogens with one attached hydrogen (secondary N) is 1. The van der Waals surface area contributed by atoms with E-state index in [0.717, 1.165) is 89.3 Å². The molecule has 0 radical (unpaired) electrons. The van der Waals surface area contributed by atoms with Crippen molar-refractivity contribution < 1.29 is 42.9 Å². The van der Waals surface area contributed by atoms with E-state index in [1.807, 2.05) is 24.0 Å². The molecule has 0 spiro atoms. The van der Waals surface area contributed by atoms with Gasteiger partial charge in [0.25, 0.3) is 5.91 Å². The number of amides is 3. The maximum atomic E-state index is 17.2. The number of phenolic OH excluding ortho intramolecular Hbond substituents is 1. The second-order valence-corrected chi connectivity index (χ2v) is 21.0. The molecule has 374 valence electrons. The molecule has 1 unspecified atom stereocenters. The zero-order chi connectivity index (χ0) is 49.2. The molecule has 7 heterocycles. The van der Waals surface area contributed by atoms with Gasteiger partial charge in [-0.2, -0.15) is 9.97 Å². The van der Waals surface area contributed by atoms with Gasteiger partial charge in [0.05, 0.1) is 31.8 Å². The van der Waals surface area contributed by atoms with Crippen molar-refractivity contribution >= 4 is 50.9 Å². The highest BCUT2D eigenvalue weighted by atomic mass is 19.1. The predicted molar refractivity (Wildman–Crippen MR) is 262 cm³/mol. The molecule has 4 saturated heterocycles. The number of hydrogen-bond donors (Lipinski definition) is 3. The quantitative estimate of drug-likeness (QED) is 0.135. The van der Waals surface area contributed by atoms with Crippen LogP contribution in [0.15, 0.2) is 48.7 Å². The average Bonchev–Trinajstić information content (AvgIpc) is 4.09. The molecular weight excluding hydrogens is 913 g/mol. The Balaban J connectivity index is 0.729. The fourth-order valence-electron chi connectivity index (χ4n) is 11.6. The highest BCUT2D eigenvalue weighted by molar-refractivity contribution is 6.06. The number of aryl methyl sites for hydroxylation is 1. The number of fused-ring (bicyclic) bond motifs is 3. The summed E-state index contributed by atoms with van der Waals surface area (Å²) in [5.74, 6) is -1.16. The van der Waals surface area contributed by atoms with E-state index in [-0.39, 0.29) is 65.3 Å². The molecule has 5 fully saturated rings. The lowest BCUT2D eigenvalue weighted by Crippen LogP contribution is -2.52. The van der Waals surface area contributed by atoms with Crippen LogP contribution in [-0.4, -0.2) is 154 Å².